The molecule has 2 amide bonds. The quantitative estimate of drug-likeness (QED) is 0.497. The molecular formula is C20H19N5O2S. The summed E-state index contributed by atoms with van der Waals surface area (Å²) >= 11 is 1.16. The maximum atomic E-state index is 12.3. The van der Waals surface area contributed by atoms with E-state index in [1.54, 1.807) is 18.3 Å². The van der Waals surface area contributed by atoms with Crippen molar-refractivity contribution in [3.05, 3.63) is 75.8 Å². The number of hydrogen-bond donors (Lipinski definition) is 2. The second-order valence-electron chi connectivity index (χ2n) is 6.10. The van der Waals surface area contributed by atoms with Gasteiger partial charge in [-0.2, -0.15) is 5.10 Å². The Morgan fingerprint density at radius 3 is 2.50 bits per heavy atom. The summed E-state index contributed by atoms with van der Waals surface area (Å²) in [5, 5.41) is 15.4. The lowest BCUT2D eigenvalue weighted by Crippen LogP contribution is -2.19. The van der Waals surface area contributed by atoms with E-state index < -0.39 is 0 Å². The molecule has 0 unspecified atom stereocenters. The molecule has 0 aliphatic rings. The summed E-state index contributed by atoms with van der Waals surface area (Å²) in [6.07, 6.45) is 1.63. The Hall–Kier alpha value is -3.39. The Morgan fingerprint density at radius 2 is 1.75 bits per heavy atom. The van der Waals surface area contributed by atoms with Gasteiger partial charge in [0.25, 0.3) is 5.91 Å². The van der Waals surface area contributed by atoms with Gasteiger partial charge in [0, 0.05) is 5.56 Å². The molecule has 0 fully saturated rings. The van der Waals surface area contributed by atoms with Gasteiger partial charge in [0.1, 0.15) is 5.01 Å². The summed E-state index contributed by atoms with van der Waals surface area (Å²) in [4.78, 5) is 24.3. The van der Waals surface area contributed by atoms with Crippen LogP contribution in [-0.4, -0.2) is 28.2 Å². The first-order valence-corrected chi connectivity index (χ1v) is 9.41. The van der Waals surface area contributed by atoms with Crippen molar-refractivity contribution in [1.29, 1.82) is 0 Å². The van der Waals surface area contributed by atoms with Crippen molar-refractivity contribution < 1.29 is 9.59 Å². The van der Waals surface area contributed by atoms with Gasteiger partial charge >= 0.3 is 0 Å². The zero-order valence-electron chi connectivity index (χ0n) is 15.5. The smallest absolute Gasteiger partial charge is 0.257 e. The summed E-state index contributed by atoms with van der Waals surface area (Å²) in [5.41, 5.74) is 5.91. The van der Waals surface area contributed by atoms with E-state index in [1.807, 2.05) is 50.2 Å². The van der Waals surface area contributed by atoms with E-state index >= 15 is 0 Å². The average Bonchev–Trinajstić information content (AvgIpc) is 3.10. The van der Waals surface area contributed by atoms with Crippen molar-refractivity contribution in [3.63, 3.8) is 0 Å². The van der Waals surface area contributed by atoms with Gasteiger partial charge in [0.05, 0.1) is 12.6 Å². The summed E-state index contributed by atoms with van der Waals surface area (Å²) in [5.74, 6) is -0.564. The maximum absolute atomic E-state index is 12.3. The largest absolute Gasteiger partial charge is 0.296 e. The summed E-state index contributed by atoms with van der Waals surface area (Å²) in [6.45, 7) is 3.83. The van der Waals surface area contributed by atoms with E-state index in [2.05, 4.69) is 26.0 Å². The number of nitrogens with one attached hydrogen (secondary N) is 2. The number of hydrogen-bond acceptors (Lipinski definition) is 6. The lowest BCUT2D eigenvalue weighted by Gasteiger charge is -2.03. The number of aryl methyl sites for hydroxylation is 2. The first-order chi connectivity index (χ1) is 13.5. The second-order valence-corrected chi connectivity index (χ2v) is 7.16. The predicted octanol–water partition coefficient (Wildman–Crippen LogP) is 3.10. The fourth-order valence-corrected chi connectivity index (χ4v) is 3.18. The average molecular weight is 393 g/mol. The van der Waals surface area contributed by atoms with Crippen molar-refractivity contribution in [2.75, 3.05) is 5.32 Å². The van der Waals surface area contributed by atoms with E-state index in [4.69, 9.17) is 0 Å². The zero-order chi connectivity index (χ0) is 19.9. The zero-order valence-corrected chi connectivity index (χ0v) is 16.3. The fraction of sp³-hybridized carbons (Fsp3) is 0.150. The second kappa shape index (κ2) is 9.01. The normalized spacial score (nSPS) is 10.8. The van der Waals surface area contributed by atoms with Crippen molar-refractivity contribution in [2.24, 2.45) is 5.10 Å². The van der Waals surface area contributed by atoms with Crippen LogP contribution in [0.1, 0.15) is 32.1 Å². The number of hydrazone groups is 1. The highest BCUT2D eigenvalue weighted by Crippen LogP contribution is 2.17. The highest BCUT2D eigenvalue weighted by atomic mass is 32.1. The Labute approximate surface area is 166 Å². The highest BCUT2D eigenvalue weighted by molar-refractivity contribution is 7.15. The molecule has 2 aromatic carbocycles. The van der Waals surface area contributed by atoms with Crippen LogP contribution in [0.5, 0.6) is 0 Å². The maximum Gasteiger partial charge on any atom is 0.257 e. The van der Waals surface area contributed by atoms with Gasteiger partial charge in [-0.1, -0.05) is 53.8 Å². The van der Waals surface area contributed by atoms with Crippen LogP contribution in [0.3, 0.4) is 0 Å². The van der Waals surface area contributed by atoms with Crippen LogP contribution in [0.4, 0.5) is 5.13 Å². The predicted molar refractivity (Wildman–Crippen MR) is 110 cm³/mol. The number of rotatable bonds is 6. The van der Waals surface area contributed by atoms with Gasteiger partial charge < -0.3 is 0 Å². The third kappa shape index (κ3) is 5.08. The number of benzene rings is 2. The van der Waals surface area contributed by atoms with Crippen molar-refractivity contribution in [2.45, 2.75) is 20.3 Å². The number of aromatic nitrogens is 2. The minimum absolute atomic E-state index is 0.0308. The molecule has 7 nitrogen and oxygen atoms in total. The van der Waals surface area contributed by atoms with Gasteiger partial charge in [-0.05, 0) is 36.6 Å². The highest BCUT2D eigenvalue weighted by Gasteiger charge is 2.13. The standard InChI is InChI=1S/C20H19N5O2S/c1-13-7-3-5-9-15(13)12-21-23-17(26)11-18-24-25-20(28-18)22-19(27)16-10-6-4-8-14(16)2/h3-10,12H,11H2,1-2H3,(H,23,26)(H,22,25,27)/b21-12-. The van der Waals surface area contributed by atoms with Crippen LogP contribution in [-0.2, 0) is 11.2 Å². The Bertz CT molecular complexity index is 1030. The molecule has 0 radical (unpaired) electrons. The molecule has 0 bridgehead atoms. The van der Waals surface area contributed by atoms with E-state index in [0.717, 1.165) is 28.0 Å². The van der Waals surface area contributed by atoms with Gasteiger partial charge in [-0.3, -0.25) is 14.9 Å². The van der Waals surface area contributed by atoms with Gasteiger partial charge in [-0.15, -0.1) is 10.2 Å². The lowest BCUT2D eigenvalue weighted by molar-refractivity contribution is -0.120. The molecule has 0 aliphatic heterocycles. The molecule has 0 atom stereocenters. The summed E-state index contributed by atoms with van der Waals surface area (Å²) < 4.78 is 0. The van der Waals surface area contributed by atoms with Gasteiger partial charge in [-0.25, -0.2) is 5.43 Å². The van der Waals surface area contributed by atoms with Crippen LogP contribution in [0.15, 0.2) is 53.6 Å². The Kier molecular flexibility index (Phi) is 6.23. The molecule has 8 heteroatoms. The first kappa shape index (κ1) is 19.4. The van der Waals surface area contributed by atoms with Crippen LogP contribution in [0.2, 0.25) is 0 Å². The van der Waals surface area contributed by atoms with Crippen LogP contribution in [0, 0.1) is 13.8 Å². The van der Waals surface area contributed by atoms with E-state index in [0.29, 0.717) is 15.7 Å². The molecule has 1 aromatic heterocycles. The summed E-state index contributed by atoms with van der Waals surface area (Å²) in [6, 6.07) is 15.0. The molecule has 3 aromatic rings. The number of carbonyl (C=O) groups is 2. The van der Waals surface area contributed by atoms with Gasteiger partial charge in [0.15, 0.2) is 0 Å². The molecule has 0 saturated carbocycles. The minimum atomic E-state index is -0.308. The molecular weight excluding hydrogens is 374 g/mol. The number of anilines is 1. The Balaban J connectivity index is 1.54. The third-order valence-corrected chi connectivity index (χ3v) is 4.81. The first-order valence-electron chi connectivity index (χ1n) is 8.60. The van der Waals surface area contributed by atoms with Crippen molar-refractivity contribution in [1.82, 2.24) is 15.6 Å². The van der Waals surface area contributed by atoms with Crippen LogP contribution in [0.25, 0.3) is 0 Å². The molecule has 1 heterocycles. The fourth-order valence-electron chi connectivity index (χ4n) is 2.45. The molecule has 0 aliphatic carbocycles. The number of carbonyl (C=O) groups excluding carboxylic acids is 2. The van der Waals surface area contributed by atoms with Crippen LogP contribution >= 0.6 is 11.3 Å². The van der Waals surface area contributed by atoms with Crippen LogP contribution < -0.4 is 10.7 Å². The van der Waals surface area contributed by atoms with E-state index in [-0.39, 0.29) is 18.2 Å². The summed E-state index contributed by atoms with van der Waals surface area (Å²) in [7, 11) is 0. The molecule has 28 heavy (non-hydrogen) atoms. The van der Waals surface area contributed by atoms with Crippen molar-refractivity contribution in [3.8, 4) is 0 Å². The van der Waals surface area contributed by atoms with E-state index in [9.17, 15) is 9.59 Å². The third-order valence-electron chi connectivity index (χ3n) is 3.97. The number of amides is 2. The molecule has 2 N–H and O–H groups in total. The topological polar surface area (TPSA) is 96.3 Å². The van der Waals surface area contributed by atoms with E-state index in [1.165, 1.54) is 0 Å². The monoisotopic (exact) mass is 393 g/mol. The lowest BCUT2D eigenvalue weighted by atomic mass is 10.1. The molecule has 0 spiro atoms. The molecule has 3 rings (SSSR count). The number of nitrogens with zero attached hydrogens (tertiary/aromatic N) is 3. The molecule has 0 saturated heterocycles. The van der Waals surface area contributed by atoms with Gasteiger partial charge in [0.2, 0.25) is 11.0 Å². The molecule has 142 valence electrons. The van der Waals surface area contributed by atoms with Crippen molar-refractivity contribution >= 4 is 34.5 Å². The Morgan fingerprint density at radius 1 is 1.04 bits per heavy atom. The SMILES string of the molecule is Cc1ccccc1/C=N\NC(=O)Cc1nnc(NC(=O)c2ccccc2C)s1. The minimum Gasteiger partial charge on any atom is -0.296 e.